The first-order chi connectivity index (χ1) is 15.8. The number of piperazine rings is 1. The van der Waals surface area contributed by atoms with Crippen LogP contribution in [0.25, 0.3) is 28.0 Å². The number of hydrogen-bond donors (Lipinski definition) is 2. The zero-order valence-corrected chi connectivity index (χ0v) is 18.5. The number of quaternary nitrogens is 1. The molecule has 0 atom stereocenters. The minimum absolute atomic E-state index is 0.696. The van der Waals surface area contributed by atoms with Crippen molar-refractivity contribution in [2.75, 3.05) is 51.8 Å². The molecule has 3 heterocycles. The molecule has 0 amide bonds. The third kappa shape index (κ3) is 3.87. The van der Waals surface area contributed by atoms with Crippen LogP contribution in [-0.2, 0) is 0 Å². The first-order valence-electron chi connectivity index (χ1n) is 11.0. The van der Waals surface area contributed by atoms with Crippen LogP contribution in [0.4, 0.5) is 5.82 Å². The molecule has 0 aliphatic carbocycles. The number of methoxy groups -OCH3 is 2. The summed E-state index contributed by atoms with van der Waals surface area (Å²) in [5.74, 6) is 2.35. The van der Waals surface area contributed by atoms with E-state index in [0.717, 1.165) is 60.5 Å². The Morgan fingerprint density at radius 3 is 2.53 bits per heavy atom. The number of benzene rings is 2. The van der Waals surface area contributed by atoms with Gasteiger partial charge in [0.15, 0.2) is 17.3 Å². The van der Waals surface area contributed by atoms with Gasteiger partial charge in [0.2, 0.25) is 0 Å². The van der Waals surface area contributed by atoms with Gasteiger partial charge >= 0.3 is 0 Å². The van der Waals surface area contributed by atoms with Crippen LogP contribution in [-0.4, -0.2) is 61.9 Å². The van der Waals surface area contributed by atoms with Crippen molar-refractivity contribution in [3.05, 3.63) is 60.4 Å². The van der Waals surface area contributed by atoms with Gasteiger partial charge in [-0.2, -0.15) is 0 Å². The predicted octanol–water partition coefficient (Wildman–Crippen LogP) is 2.55. The quantitative estimate of drug-likeness (QED) is 0.492. The molecule has 0 unspecified atom stereocenters. The topological polar surface area (TPSA) is 67.7 Å². The number of fused-ring (bicyclic) bond motifs is 3. The molecule has 7 heteroatoms. The number of nitrogens with one attached hydrogen (secondary N) is 2. The Kier molecular flexibility index (Phi) is 5.64. The highest BCUT2D eigenvalue weighted by Crippen LogP contribution is 2.36. The van der Waals surface area contributed by atoms with E-state index >= 15 is 0 Å². The number of H-pyrrole nitrogens is 1. The summed E-state index contributed by atoms with van der Waals surface area (Å²) < 4.78 is 10.9. The number of anilines is 1. The van der Waals surface area contributed by atoms with Crippen molar-refractivity contribution in [3.63, 3.8) is 0 Å². The summed E-state index contributed by atoms with van der Waals surface area (Å²) in [7, 11) is 3.30. The van der Waals surface area contributed by atoms with Crippen LogP contribution < -0.4 is 19.3 Å². The minimum Gasteiger partial charge on any atom is -0.493 e. The lowest BCUT2D eigenvalue weighted by Crippen LogP contribution is -3.14. The van der Waals surface area contributed by atoms with Crippen molar-refractivity contribution >= 4 is 33.8 Å². The summed E-state index contributed by atoms with van der Waals surface area (Å²) in [6.07, 6.45) is 6.14. The van der Waals surface area contributed by atoms with Crippen molar-refractivity contribution in [1.29, 1.82) is 0 Å². The van der Waals surface area contributed by atoms with Gasteiger partial charge in [-0.15, -0.1) is 0 Å². The fraction of sp³-hybridized carbons (Fsp3) is 0.280. The van der Waals surface area contributed by atoms with E-state index in [1.54, 1.807) is 25.4 Å². The standard InChI is InChI=1S/C25H27N5O2/c1-31-21-15-19-20(16-22(21)32-2)28-24-23(19)26-17-27-25(24)30-13-11-29(12-14-30)10-6-9-18-7-4-3-5-8-18/h3-9,15-17,28H,10-14H2,1-2H3/p+1/b9-6+. The Morgan fingerprint density at radius 1 is 1.03 bits per heavy atom. The third-order valence-corrected chi connectivity index (χ3v) is 6.15. The van der Waals surface area contributed by atoms with E-state index in [4.69, 9.17) is 9.47 Å². The fourth-order valence-corrected chi connectivity index (χ4v) is 4.41. The third-order valence-electron chi connectivity index (χ3n) is 6.15. The highest BCUT2D eigenvalue weighted by molar-refractivity contribution is 6.09. The maximum atomic E-state index is 5.48. The largest absolute Gasteiger partial charge is 0.493 e. The summed E-state index contributed by atoms with van der Waals surface area (Å²) in [4.78, 5) is 16.7. The molecule has 164 valence electrons. The Hall–Kier alpha value is -3.58. The molecule has 0 bridgehead atoms. The Balaban J connectivity index is 1.33. The Bertz CT molecular complexity index is 1240. The molecule has 0 spiro atoms. The second kappa shape index (κ2) is 8.88. The summed E-state index contributed by atoms with van der Waals surface area (Å²) in [5.41, 5.74) is 4.09. The molecule has 1 fully saturated rings. The van der Waals surface area contributed by atoms with Gasteiger partial charge in [-0.1, -0.05) is 36.4 Å². The van der Waals surface area contributed by atoms with Crippen molar-refractivity contribution in [2.24, 2.45) is 0 Å². The lowest BCUT2D eigenvalue weighted by molar-refractivity contribution is -0.894. The fourth-order valence-electron chi connectivity index (χ4n) is 4.41. The lowest BCUT2D eigenvalue weighted by Gasteiger charge is -2.32. The van der Waals surface area contributed by atoms with E-state index in [-0.39, 0.29) is 0 Å². The number of aromatic nitrogens is 3. The molecule has 0 saturated carbocycles. The van der Waals surface area contributed by atoms with E-state index in [0.29, 0.717) is 11.5 Å². The van der Waals surface area contributed by atoms with Crippen LogP contribution in [0.5, 0.6) is 11.5 Å². The molecule has 7 nitrogen and oxygen atoms in total. The van der Waals surface area contributed by atoms with Gasteiger partial charge in [0.1, 0.15) is 17.4 Å². The number of rotatable bonds is 6. The van der Waals surface area contributed by atoms with Gasteiger partial charge < -0.3 is 24.3 Å². The smallest absolute Gasteiger partial charge is 0.162 e. The van der Waals surface area contributed by atoms with Crippen LogP contribution >= 0.6 is 0 Å². The van der Waals surface area contributed by atoms with Gasteiger partial charge in [-0.25, -0.2) is 9.97 Å². The molecule has 0 radical (unpaired) electrons. The average Bonchev–Trinajstić information content (AvgIpc) is 3.22. The molecule has 2 N–H and O–H groups in total. The highest BCUT2D eigenvalue weighted by atomic mass is 16.5. The second-order valence-corrected chi connectivity index (χ2v) is 8.05. The van der Waals surface area contributed by atoms with E-state index in [9.17, 15) is 0 Å². The number of nitrogens with zero attached hydrogens (tertiary/aromatic N) is 3. The van der Waals surface area contributed by atoms with Gasteiger partial charge in [-0.05, 0) is 17.7 Å². The van der Waals surface area contributed by atoms with Crippen LogP contribution in [0, 0.1) is 0 Å². The number of ether oxygens (including phenoxy) is 2. The SMILES string of the molecule is COc1cc2[nH]c3c(N4CC[NH+](C/C=C/c5ccccc5)CC4)ncnc3c2cc1OC. The Morgan fingerprint density at radius 2 is 1.78 bits per heavy atom. The number of hydrogen-bond acceptors (Lipinski definition) is 5. The summed E-state index contributed by atoms with van der Waals surface area (Å²) >= 11 is 0. The molecule has 2 aromatic heterocycles. The van der Waals surface area contributed by atoms with E-state index in [1.165, 1.54) is 5.56 Å². The van der Waals surface area contributed by atoms with Crippen molar-refractivity contribution < 1.29 is 14.4 Å². The van der Waals surface area contributed by atoms with Crippen LogP contribution in [0.1, 0.15) is 5.56 Å². The highest BCUT2D eigenvalue weighted by Gasteiger charge is 2.23. The van der Waals surface area contributed by atoms with Gasteiger partial charge in [-0.3, -0.25) is 0 Å². The molecular weight excluding hydrogens is 402 g/mol. The molecule has 5 rings (SSSR count). The molecule has 2 aromatic carbocycles. The first-order valence-corrected chi connectivity index (χ1v) is 11.0. The van der Waals surface area contributed by atoms with Crippen LogP contribution in [0.15, 0.2) is 54.9 Å². The van der Waals surface area contributed by atoms with Gasteiger partial charge in [0.05, 0.1) is 52.5 Å². The molecule has 1 saturated heterocycles. The summed E-state index contributed by atoms with van der Waals surface area (Å²) in [5, 5.41) is 1.01. The Labute approximate surface area is 187 Å². The molecular formula is C25H28N5O2+. The van der Waals surface area contributed by atoms with E-state index in [2.05, 4.69) is 56.3 Å². The van der Waals surface area contributed by atoms with Crippen molar-refractivity contribution in [1.82, 2.24) is 15.0 Å². The predicted molar refractivity (Wildman–Crippen MR) is 128 cm³/mol. The minimum atomic E-state index is 0.696. The normalized spacial score (nSPS) is 15.1. The zero-order chi connectivity index (χ0) is 21.9. The summed E-state index contributed by atoms with van der Waals surface area (Å²) in [6.45, 7) is 5.11. The molecule has 1 aliphatic rings. The van der Waals surface area contributed by atoms with Crippen LogP contribution in [0.3, 0.4) is 0 Å². The first kappa shape index (κ1) is 20.3. The maximum Gasteiger partial charge on any atom is 0.162 e. The second-order valence-electron chi connectivity index (χ2n) is 8.05. The van der Waals surface area contributed by atoms with Crippen molar-refractivity contribution in [3.8, 4) is 11.5 Å². The zero-order valence-electron chi connectivity index (χ0n) is 18.5. The number of aromatic amines is 1. The maximum absolute atomic E-state index is 5.48. The monoisotopic (exact) mass is 430 g/mol. The molecule has 32 heavy (non-hydrogen) atoms. The summed E-state index contributed by atoms with van der Waals surface area (Å²) in [6, 6.07) is 14.4. The molecule has 1 aliphatic heterocycles. The molecule has 4 aromatic rings. The van der Waals surface area contributed by atoms with E-state index < -0.39 is 0 Å². The van der Waals surface area contributed by atoms with Crippen LogP contribution in [0.2, 0.25) is 0 Å². The van der Waals surface area contributed by atoms with Gasteiger partial charge in [0, 0.05) is 11.5 Å². The average molecular weight is 431 g/mol. The van der Waals surface area contributed by atoms with E-state index in [1.807, 2.05) is 18.2 Å². The lowest BCUT2D eigenvalue weighted by atomic mass is 10.2. The van der Waals surface area contributed by atoms with Crippen molar-refractivity contribution in [2.45, 2.75) is 0 Å². The van der Waals surface area contributed by atoms with Gasteiger partial charge in [0.25, 0.3) is 0 Å².